The van der Waals surface area contributed by atoms with E-state index in [9.17, 15) is 4.79 Å². The summed E-state index contributed by atoms with van der Waals surface area (Å²) < 4.78 is 6.81. The number of benzene rings is 2. The first-order chi connectivity index (χ1) is 13.7. The molecule has 0 spiro atoms. The van der Waals surface area contributed by atoms with Gasteiger partial charge in [-0.3, -0.25) is 10.1 Å². The van der Waals surface area contributed by atoms with Crippen molar-refractivity contribution >= 4 is 44.4 Å². The van der Waals surface area contributed by atoms with Gasteiger partial charge in [-0.1, -0.05) is 59.6 Å². The Morgan fingerprint density at radius 3 is 2.79 bits per heavy atom. The fraction of sp³-hybridized carbons (Fsp3) is 0.182. The van der Waals surface area contributed by atoms with E-state index >= 15 is 0 Å². The van der Waals surface area contributed by atoms with Crippen LogP contribution in [0.1, 0.15) is 25.3 Å². The Labute approximate surface area is 177 Å². The topological polar surface area (TPSA) is 51.2 Å². The summed E-state index contributed by atoms with van der Waals surface area (Å²) in [6, 6.07) is 15.6. The number of ether oxygens (including phenoxy) is 1. The van der Waals surface area contributed by atoms with Gasteiger partial charge in [0.15, 0.2) is 5.13 Å². The highest BCUT2D eigenvalue weighted by molar-refractivity contribution is 9.10. The van der Waals surface area contributed by atoms with Gasteiger partial charge in [0.05, 0.1) is 12.3 Å². The van der Waals surface area contributed by atoms with Gasteiger partial charge in [-0.25, -0.2) is 4.98 Å². The third-order valence-electron chi connectivity index (χ3n) is 3.96. The number of nitrogens with zero attached hydrogens (tertiary/aromatic N) is 1. The summed E-state index contributed by atoms with van der Waals surface area (Å²) in [6.45, 7) is 2.80. The van der Waals surface area contributed by atoms with Crippen molar-refractivity contribution in [3.05, 3.63) is 70.0 Å². The van der Waals surface area contributed by atoms with Crippen molar-refractivity contribution in [1.82, 2.24) is 4.98 Å². The lowest BCUT2D eigenvalue weighted by Gasteiger charge is -2.08. The number of unbranched alkanes of at least 4 members (excludes halogenated alkanes) is 1. The maximum Gasteiger partial charge on any atom is 0.250 e. The Morgan fingerprint density at radius 2 is 2.00 bits per heavy atom. The maximum atomic E-state index is 12.3. The van der Waals surface area contributed by atoms with Gasteiger partial charge in [0, 0.05) is 27.1 Å². The minimum atomic E-state index is -0.222. The van der Waals surface area contributed by atoms with Crippen molar-refractivity contribution in [3.8, 4) is 17.0 Å². The predicted octanol–water partition coefficient (Wildman–Crippen LogP) is 6.40. The first-order valence-electron chi connectivity index (χ1n) is 9.08. The smallest absolute Gasteiger partial charge is 0.250 e. The number of halogens is 1. The summed E-state index contributed by atoms with van der Waals surface area (Å²) in [5, 5.41) is 5.32. The number of hydrogen-bond donors (Lipinski definition) is 1. The van der Waals surface area contributed by atoms with E-state index in [-0.39, 0.29) is 5.91 Å². The number of carbonyl (C=O) groups is 1. The zero-order chi connectivity index (χ0) is 19.8. The quantitative estimate of drug-likeness (QED) is 0.314. The van der Waals surface area contributed by atoms with Crippen molar-refractivity contribution in [2.75, 3.05) is 11.9 Å². The van der Waals surface area contributed by atoms with E-state index in [1.807, 2.05) is 53.9 Å². The molecule has 3 aromatic rings. The maximum absolute atomic E-state index is 12.3. The molecule has 0 atom stereocenters. The molecular formula is C22H21BrN2O2S. The van der Waals surface area contributed by atoms with Gasteiger partial charge in [0.25, 0.3) is 0 Å². The van der Waals surface area contributed by atoms with E-state index in [1.54, 1.807) is 6.08 Å². The lowest BCUT2D eigenvalue weighted by atomic mass is 10.2. The number of amides is 1. The molecule has 6 heteroatoms. The predicted molar refractivity (Wildman–Crippen MR) is 120 cm³/mol. The van der Waals surface area contributed by atoms with Gasteiger partial charge in [-0.05, 0) is 30.7 Å². The van der Waals surface area contributed by atoms with Crippen LogP contribution in [0.25, 0.3) is 17.3 Å². The second-order valence-electron chi connectivity index (χ2n) is 6.11. The summed E-state index contributed by atoms with van der Waals surface area (Å²) in [5.41, 5.74) is 2.73. The van der Waals surface area contributed by atoms with Crippen LogP contribution in [-0.4, -0.2) is 17.5 Å². The molecule has 4 nitrogen and oxygen atoms in total. The normalized spacial score (nSPS) is 10.9. The third-order valence-corrected chi connectivity index (χ3v) is 5.25. The number of carbonyl (C=O) groups excluding carboxylic acids is 1. The molecule has 1 N–H and O–H groups in total. The highest BCUT2D eigenvalue weighted by Crippen LogP contribution is 2.26. The average Bonchev–Trinajstić information content (AvgIpc) is 3.16. The summed E-state index contributed by atoms with van der Waals surface area (Å²) in [7, 11) is 0. The minimum absolute atomic E-state index is 0.222. The van der Waals surface area contributed by atoms with Crippen LogP contribution in [0, 0.1) is 0 Å². The second kappa shape index (κ2) is 10.2. The zero-order valence-electron chi connectivity index (χ0n) is 15.5. The Bertz CT molecular complexity index is 951. The van der Waals surface area contributed by atoms with Crippen molar-refractivity contribution < 1.29 is 9.53 Å². The van der Waals surface area contributed by atoms with E-state index in [1.165, 1.54) is 17.4 Å². The lowest BCUT2D eigenvalue weighted by molar-refractivity contribution is -0.111. The fourth-order valence-corrected chi connectivity index (χ4v) is 3.46. The molecule has 0 aliphatic heterocycles. The largest absolute Gasteiger partial charge is 0.493 e. The van der Waals surface area contributed by atoms with Crippen LogP contribution in [-0.2, 0) is 4.79 Å². The first kappa shape index (κ1) is 20.3. The number of thiazole rings is 1. The molecule has 1 amide bonds. The van der Waals surface area contributed by atoms with Crippen LogP contribution in [0.5, 0.6) is 5.75 Å². The van der Waals surface area contributed by atoms with Gasteiger partial charge in [-0.2, -0.15) is 0 Å². The minimum Gasteiger partial charge on any atom is -0.493 e. The molecular weight excluding hydrogens is 436 g/mol. The average molecular weight is 457 g/mol. The van der Waals surface area contributed by atoms with Crippen LogP contribution < -0.4 is 10.1 Å². The number of hydrogen-bond acceptors (Lipinski definition) is 4. The van der Waals surface area contributed by atoms with E-state index in [0.717, 1.165) is 39.9 Å². The summed E-state index contributed by atoms with van der Waals surface area (Å²) in [6.07, 6.45) is 5.35. The fourth-order valence-electron chi connectivity index (χ4n) is 2.47. The van der Waals surface area contributed by atoms with E-state index < -0.39 is 0 Å². The summed E-state index contributed by atoms with van der Waals surface area (Å²) in [4.78, 5) is 16.8. The molecule has 0 unspecified atom stereocenters. The number of aromatic nitrogens is 1. The molecule has 0 aliphatic carbocycles. The standard InChI is InChI=1S/C22H21BrN2O2S/c1-2-3-14-27-20-7-5-4-6-17(20)10-13-21(26)25-22-24-19(15-28-22)16-8-11-18(23)12-9-16/h4-13,15H,2-3,14H2,1H3,(H,24,25,26). The molecule has 0 fully saturated rings. The van der Waals surface area contributed by atoms with Crippen LogP contribution in [0.4, 0.5) is 5.13 Å². The number of para-hydroxylation sites is 1. The monoisotopic (exact) mass is 456 g/mol. The van der Waals surface area contributed by atoms with Crippen LogP contribution >= 0.6 is 27.3 Å². The van der Waals surface area contributed by atoms with E-state index in [4.69, 9.17) is 4.74 Å². The van der Waals surface area contributed by atoms with Gasteiger partial charge in [-0.15, -0.1) is 11.3 Å². The van der Waals surface area contributed by atoms with Crippen molar-refractivity contribution in [2.45, 2.75) is 19.8 Å². The van der Waals surface area contributed by atoms with Crippen LogP contribution in [0.2, 0.25) is 0 Å². The molecule has 3 rings (SSSR count). The van der Waals surface area contributed by atoms with E-state index in [2.05, 4.69) is 33.2 Å². The number of rotatable bonds is 8. The molecule has 0 saturated carbocycles. The lowest BCUT2D eigenvalue weighted by Crippen LogP contribution is -2.07. The molecule has 0 radical (unpaired) electrons. The SMILES string of the molecule is CCCCOc1ccccc1C=CC(=O)Nc1nc(-c2ccc(Br)cc2)cs1. The first-order valence-corrected chi connectivity index (χ1v) is 10.8. The molecule has 1 aromatic heterocycles. The Balaban J connectivity index is 1.62. The molecule has 0 saturated heterocycles. The third kappa shape index (κ3) is 5.78. The Kier molecular flexibility index (Phi) is 7.39. The number of anilines is 1. The van der Waals surface area contributed by atoms with Gasteiger partial charge in [0.1, 0.15) is 5.75 Å². The van der Waals surface area contributed by atoms with Crippen molar-refractivity contribution in [1.29, 1.82) is 0 Å². The van der Waals surface area contributed by atoms with Crippen molar-refractivity contribution in [2.24, 2.45) is 0 Å². The van der Waals surface area contributed by atoms with Gasteiger partial charge < -0.3 is 4.74 Å². The molecule has 0 bridgehead atoms. The zero-order valence-corrected chi connectivity index (χ0v) is 17.9. The van der Waals surface area contributed by atoms with Crippen LogP contribution in [0.3, 0.4) is 0 Å². The summed E-state index contributed by atoms with van der Waals surface area (Å²) >= 11 is 4.83. The molecule has 0 aliphatic rings. The summed E-state index contributed by atoms with van der Waals surface area (Å²) in [5.74, 6) is 0.562. The Hall–Kier alpha value is -2.44. The van der Waals surface area contributed by atoms with Crippen LogP contribution in [0.15, 0.2) is 64.5 Å². The molecule has 1 heterocycles. The highest BCUT2D eigenvalue weighted by atomic mass is 79.9. The molecule has 2 aromatic carbocycles. The van der Waals surface area contributed by atoms with Gasteiger partial charge >= 0.3 is 0 Å². The second-order valence-corrected chi connectivity index (χ2v) is 7.88. The number of nitrogens with one attached hydrogen (secondary N) is 1. The highest BCUT2D eigenvalue weighted by Gasteiger charge is 2.07. The van der Waals surface area contributed by atoms with Crippen molar-refractivity contribution in [3.63, 3.8) is 0 Å². The van der Waals surface area contributed by atoms with Gasteiger partial charge in [0.2, 0.25) is 5.91 Å². The molecule has 144 valence electrons. The Morgan fingerprint density at radius 1 is 1.21 bits per heavy atom. The molecule has 28 heavy (non-hydrogen) atoms. The van der Waals surface area contributed by atoms with E-state index in [0.29, 0.717) is 11.7 Å².